The summed E-state index contributed by atoms with van der Waals surface area (Å²) in [6.45, 7) is 1.70. The minimum atomic E-state index is -0.590. The predicted octanol–water partition coefficient (Wildman–Crippen LogP) is 3.98. The molecule has 0 bridgehead atoms. The van der Waals surface area contributed by atoms with Crippen LogP contribution in [0, 0.1) is 24.1 Å². The molecule has 3 aromatic rings. The minimum absolute atomic E-state index is 0.135. The number of carbonyl (C=O) groups excluding carboxylic acids is 1. The zero-order valence-corrected chi connectivity index (χ0v) is 15.0. The normalized spacial score (nSPS) is 11.2. The van der Waals surface area contributed by atoms with E-state index in [0.29, 0.717) is 22.1 Å². The summed E-state index contributed by atoms with van der Waals surface area (Å²) in [5.41, 5.74) is 1.38. The van der Waals surface area contributed by atoms with Gasteiger partial charge < -0.3 is 0 Å². The molecule has 0 fully saturated rings. The van der Waals surface area contributed by atoms with Crippen LogP contribution in [0.25, 0.3) is 11.8 Å². The maximum absolute atomic E-state index is 13.1. The number of anilines is 1. The van der Waals surface area contributed by atoms with Crippen molar-refractivity contribution < 1.29 is 9.18 Å². The number of hydrogen-bond acceptors (Lipinski definition) is 5. The molecule has 3 rings (SSSR count). The van der Waals surface area contributed by atoms with E-state index in [0.717, 1.165) is 0 Å². The number of nitrogens with one attached hydrogen (secondary N) is 1. The molecule has 0 unspecified atom stereocenters. The third-order valence-electron chi connectivity index (χ3n) is 3.43. The van der Waals surface area contributed by atoms with Crippen molar-refractivity contribution in [3.8, 4) is 11.8 Å². The molecule has 1 aromatic carbocycles. The Morgan fingerprint density at radius 2 is 2.15 bits per heavy atom. The average molecular weight is 388 g/mol. The van der Waals surface area contributed by atoms with Crippen LogP contribution in [0.2, 0.25) is 5.15 Å². The van der Waals surface area contributed by atoms with Crippen LogP contribution in [-0.4, -0.2) is 20.7 Å². The molecule has 0 saturated carbocycles. The van der Waals surface area contributed by atoms with Crippen LogP contribution >= 0.6 is 22.9 Å². The monoisotopic (exact) mass is 387 g/mol. The van der Waals surface area contributed by atoms with E-state index < -0.39 is 5.91 Å². The fourth-order valence-electron chi connectivity index (χ4n) is 2.17. The van der Waals surface area contributed by atoms with Gasteiger partial charge in [0.2, 0.25) is 0 Å². The average Bonchev–Trinajstić information content (AvgIpc) is 3.22. The number of halogens is 2. The van der Waals surface area contributed by atoms with Gasteiger partial charge in [0, 0.05) is 17.1 Å². The molecule has 2 heterocycles. The zero-order chi connectivity index (χ0) is 18.7. The van der Waals surface area contributed by atoms with Crippen molar-refractivity contribution in [1.82, 2.24) is 14.8 Å². The van der Waals surface area contributed by atoms with Gasteiger partial charge in [-0.15, -0.1) is 11.3 Å². The number of nitriles is 1. The Kier molecular flexibility index (Phi) is 5.11. The second kappa shape index (κ2) is 7.47. The van der Waals surface area contributed by atoms with Crippen molar-refractivity contribution in [3.05, 3.63) is 63.6 Å². The summed E-state index contributed by atoms with van der Waals surface area (Å²) in [6, 6.07) is 7.50. The first kappa shape index (κ1) is 17.8. The standard InChI is InChI=1S/C17H11ClFN5OS/c1-10-14(8-11(9-20)16(25)22-17-21-6-7-26-17)15(18)24(23-10)13-4-2-12(19)3-5-13/h2-8H,1H3,(H,21,22,25)/b11-8+. The highest BCUT2D eigenvalue weighted by Crippen LogP contribution is 2.26. The van der Waals surface area contributed by atoms with Gasteiger partial charge in [-0.25, -0.2) is 14.1 Å². The lowest BCUT2D eigenvalue weighted by atomic mass is 10.1. The van der Waals surface area contributed by atoms with Crippen LogP contribution in [0.15, 0.2) is 41.4 Å². The first-order valence-electron chi connectivity index (χ1n) is 7.33. The Hall–Kier alpha value is -3.02. The fraction of sp³-hybridized carbons (Fsp3) is 0.0588. The molecule has 0 spiro atoms. The van der Waals surface area contributed by atoms with E-state index in [1.54, 1.807) is 18.5 Å². The van der Waals surface area contributed by atoms with Crippen molar-refractivity contribution in [1.29, 1.82) is 5.26 Å². The van der Waals surface area contributed by atoms with Gasteiger partial charge in [-0.05, 0) is 37.3 Å². The Labute approximate surface area is 157 Å². The van der Waals surface area contributed by atoms with Crippen LogP contribution < -0.4 is 5.32 Å². The number of hydrogen-bond donors (Lipinski definition) is 1. The number of benzene rings is 1. The third kappa shape index (κ3) is 3.64. The molecule has 6 nitrogen and oxygen atoms in total. The summed E-state index contributed by atoms with van der Waals surface area (Å²) in [4.78, 5) is 16.2. The Morgan fingerprint density at radius 1 is 1.42 bits per heavy atom. The summed E-state index contributed by atoms with van der Waals surface area (Å²) in [5, 5.41) is 18.5. The van der Waals surface area contributed by atoms with Gasteiger partial charge in [0.1, 0.15) is 22.6 Å². The molecular weight excluding hydrogens is 377 g/mol. The van der Waals surface area contributed by atoms with Crippen molar-refractivity contribution in [3.63, 3.8) is 0 Å². The van der Waals surface area contributed by atoms with Crippen LogP contribution in [0.1, 0.15) is 11.3 Å². The predicted molar refractivity (Wildman–Crippen MR) is 97.6 cm³/mol. The summed E-state index contributed by atoms with van der Waals surface area (Å²) < 4.78 is 14.5. The van der Waals surface area contributed by atoms with Gasteiger partial charge in [0.05, 0.1) is 11.4 Å². The van der Waals surface area contributed by atoms with Crippen molar-refractivity contribution in [2.24, 2.45) is 0 Å². The lowest BCUT2D eigenvalue weighted by Crippen LogP contribution is -2.13. The molecule has 26 heavy (non-hydrogen) atoms. The number of aromatic nitrogens is 3. The first-order valence-corrected chi connectivity index (χ1v) is 8.59. The topological polar surface area (TPSA) is 83.6 Å². The Balaban J connectivity index is 1.95. The molecule has 9 heteroatoms. The highest BCUT2D eigenvalue weighted by atomic mass is 35.5. The van der Waals surface area contributed by atoms with E-state index in [1.165, 1.54) is 46.4 Å². The number of amides is 1. The molecule has 2 aromatic heterocycles. The van der Waals surface area contributed by atoms with E-state index in [9.17, 15) is 14.4 Å². The second-order valence-electron chi connectivity index (χ2n) is 5.14. The molecule has 0 aliphatic heterocycles. The summed E-state index contributed by atoms with van der Waals surface area (Å²) in [7, 11) is 0. The van der Waals surface area contributed by atoms with Gasteiger partial charge in [-0.2, -0.15) is 10.4 Å². The second-order valence-corrected chi connectivity index (χ2v) is 6.39. The number of carbonyl (C=O) groups is 1. The van der Waals surface area contributed by atoms with Crippen LogP contribution in [0.5, 0.6) is 0 Å². The largest absolute Gasteiger partial charge is 0.297 e. The first-order chi connectivity index (χ1) is 12.5. The van der Waals surface area contributed by atoms with Gasteiger partial charge in [0.25, 0.3) is 5.91 Å². The Bertz CT molecular complexity index is 1020. The van der Waals surface area contributed by atoms with Gasteiger partial charge in [-0.1, -0.05) is 11.6 Å². The molecule has 0 atom stereocenters. The lowest BCUT2D eigenvalue weighted by molar-refractivity contribution is -0.112. The molecule has 130 valence electrons. The number of thiazole rings is 1. The zero-order valence-electron chi connectivity index (χ0n) is 13.4. The number of aryl methyl sites for hydroxylation is 1. The fourth-order valence-corrected chi connectivity index (χ4v) is 3.02. The van der Waals surface area contributed by atoms with E-state index in [2.05, 4.69) is 15.4 Å². The molecular formula is C17H11ClFN5OS. The maximum atomic E-state index is 13.1. The molecule has 1 amide bonds. The van der Waals surface area contributed by atoms with Gasteiger partial charge in [0.15, 0.2) is 5.13 Å². The van der Waals surface area contributed by atoms with Crippen molar-refractivity contribution >= 4 is 40.1 Å². The molecule has 0 aliphatic rings. The maximum Gasteiger partial charge on any atom is 0.268 e. The highest BCUT2D eigenvalue weighted by Gasteiger charge is 2.17. The lowest BCUT2D eigenvalue weighted by Gasteiger charge is -2.03. The van der Waals surface area contributed by atoms with Crippen LogP contribution in [0.4, 0.5) is 9.52 Å². The number of rotatable bonds is 4. The SMILES string of the molecule is Cc1nn(-c2ccc(F)cc2)c(Cl)c1/C=C(\C#N)C(=O)Nc1nccs1. The summed E-state index contributed by atoms with van der Waals surface area (Å²) >= 11 is 7.60. The summed E-state index contributed by atoms with van der Waals surface area (Å²) in [6.07, 6.45) is 2.91. The van der Waals surface area contributed by atoms with Crippen LogP contribution in [0.3, 0.4) is 0 Å². The van der Waals surface area contributed by atoms with Crippen molar-refractivity contribution in [2.75, 3.05) is 5.32 Å². The Morgan fingerprint density at radius 3 is 2.77 bits per heavy atom. The van der Waals surface area contributed by atoms with Crippen molar-refractivity contribution in [2.45, 2.75) is 6.92 Å². The summed E-state index contributed by atoms with van der Waals surface area (Å²) in [5.74, 6) is -0.966. The van der Waals surface area contributed by atoms with Gasteiger partial charge in [-0.3, -0.25) is 10.1 Å². The molecule has 0 radical (unpaired) electrons. The van der Waals surface area contributed by atoms with E-state index in [1.807, 2.05) is 6.07 Å². The van der Waals surface area contributed by atoms with E-state index in [-0.39, 0.29) is 16.5 Å². The molecule has 0 aliphatic carbocycles. The van der Waals surface area contributed by atoms with E-state index in [4.69, 9.17) is 11.6 Å². The third-order valence-corrected chi connectivity index (χ3v) is 4.48. The molecule has 0 saturated heterocycles. The number of nitrogens with zero attached hydrogens (tertiary/aromatic N) is 4. The van der Waals surface area contributed by atoms with E-state index >= 15 is 0 Å². The minimum Gasteiger partial charge on any atom is -0.297 e. The molecule has 1 N–H and O–H groups in total. The van der Waals surface area contributed by atoms with Gasteiger partial charge >= 0.3 is 0 Å². The highest BCUT2D eigenvalue weighted by molar-refractivity contribution is 7.13. The smallest absolute Gasteiger partial charge is 0.268 e. The van der Waals surface area contributed by atoms with Crippen LogP contribution in [-0.2, 0) is 4.79 Å². The quantitative estimate of drug-likeness (QED) is 0.542.